The first kappa shape index (κ1) is 25.8. The molecular weight excluding hydrogens is 492 g/mol. The zero-order valence-corrected chi connectivity index (χ0v) is 19.9. The molecule has 0 spiro atoms. The van der Waals surface area contributed by atoms with Crippen LogP contribution in [-0.2, 0) is 23.8 Å². The number of carbonyl (C=O) groups is 2. The number of ether oxygens (including phenoxy) is 4. The van der Waals surface area contributed by atoms with Crippen LogP contribution in [-0.4, -0.2) is 63.1 Å². The van der Waals surface area contributed by atoms with E-state index in [1.807, 2.05) is 0 Å². The molecule has 1 fully saturated rings. The van der Waals surface area contributed by atoms with Crippen molar-refractivity contribution >= 4 is 22.9 Å². The summed E-state index contributed by atoms with van der Waals surface area (Å²) in [4.78, 5) is 36.8. The maximum atomic E-state index is 13.5. The predicted molar refractivity (Wildman–Crippen MR) is 125 cm³/mol. The zero-order chi connectivity index (χ0) is 27.0. The Labute approximate surface area is 209 Å². The van der Waals surface area contributed by atoms with Crippen LogP contribution in [0.2, 0.25) is 0 Å². The van der Waals surface area contributed by atoms with E-state index in [0.29, 0.717) is 0 Å². The van der Waals surface area contributed by atoms with Crippen LogP contribution in [0.25, 0.3) is 22.3 Å². The van der Waals surface area contributed by atoms with E-state index in [1.165, 1.54) is 31.2 Å². The van der Waals surface area contributed by atoms with Gasteiger partial charge in [-0.3, -0.25) is 14.4 Å². The number of phenols is 3. The summed E-state index contributed by atoms with van der Waals surface area (Å²) in [7, 11) is 0. The maximum absolute atomic E-state index is 13.5. The van der Waals surface area contributed by atoms with Crippen molar-refractivity contribution in [1.82, 2.24) is 0 Å². The quantitative estimate of drug-likeness (QED) is 0.362. The number of aromatic hydroxyl groups is 3. The molecule has 0 saturated carbocycles. The molecule has 0 aliphatic carbocycles. The Morgan fingerprint density at radius 3 is 2.16 bits per heavy atom. The highest BCUT2D eigenvalue weighted by molar-refractivity contribution is 5.88. The molecule has 4 rings (SSSR count). The second-order valence-electron chi connectivity index (χ2n) is 8.44. The lowest BCUT2D eigenvalue weighted by atomic mass is 9.99. The third kappa shape index (κ3) is 5.15. The van der Waals surface area contributed by atoms with Crippen molar-refractivity contribution in [3.05, 3.63) is 46.6 Å². The van der Waals surface area contributed by atoms with Crippen molar-refractivity contribution in [2.45, 2.75) is 51.5 Å². The standard InChI is InChI=1S/C25H24O12/c1-10-21(34-11(2)26)20(32)24(35-12(3)27)25(33-10)37-23-19(31)18-16(30)8-15(29)9-17(18)36-22(23)13-4-6-14(28)7-5-13/h4-10,20-21,24-25,28-30,32H,1-3H3/t10-,20+,21-,24+,25-/m0/s1. The second-order valence-corrected chi connectivity index (χ2v) is 8.44. The summed E-state index contributed by atoms with van der Waals surface area (Å²) in [5, 5.41) is 40.4. The van der Waals surface area contributed by atoms with E-state index < -0.39 is 59.6 Å². The van der Waals surface area contributed by atoms with Gasteiger partial charge in [0.1, 0.15) is 34.3 Å². The van der Waals surface area contributed by atoms with E-state index in [9.17, 15) is 34.8 Å². The highest BCUT2D eigenvalue weighted by atomic mass is 16.7. The van der Waals surface area contributed by atoms with Gasteiger partial charge < -0.3 is 43.8 Å². The van der Waals surface area contributed by atoms with E-state index >= 15 is 0 Å². The molecule has 1 saturated heterocycles. The molecule has 196 valence electrons. The summed E-state index contributed by atoms with van der Waals surface area (Å²) in [6, 6.07) is 7.58. The summed E-state index contributed by atoms with van der Waals surface area (Å²) in [5.41, 5.74) is -0.764. The first-order valence-corrected chi connectivity index (χ1v) is 11.1. The summed E-state index contributed by atoms with van der Waals surface area (Å²) in [6.07, 6.45) is -6.86. The number of esters is 2. The van der Waals surface area contributed by atoms with E-state index in [0.717, 1.165) is 26.0 Å². The Bertz CT molecular complexity index is 1390. The number of hydrogen-bond donors (Lipinski definition) is 4. The van der Waals surface area contributed by atoms with Crippen molar-refractivity contribution in [2.75, 3.05) is 0 Å². The van der Waals surface area contributed by atoms with Crippen LogP contribution in [0.4, 0.5) is 0 Å². The number of carbonyl (C=O) groups excluding carboxylic acids is 2. The highest BCUT2D eigenvalue weighted by Gasteiger charge is 2.49. The van der Waals surface area contributed by atoms with Gasteiger partial charge in [-0.15, -0.1) is 0 Å². The van der Waals surface area contributed by atoms with Gasteiger partial charge in [0, 0.05) is 31.5 Å². The van der Waals surface area contributed by atoms with Gasteiger partial charge in [-0.05, 0) is 31.2 Å². The Morgan fingerprint density at radius 2 is 1.54 bits per heavy atom. The van der Waals surface area contributed by atoms with E-state index in [2.05, 4.69) is 0 Å². The first-order chi connectivity index (χ1) is 17.5. The molecule has 1 aromatic heterocycles. The molecule has 3 aromatic rings. The first-order valence-electron chi connectivity index (χ1n) is 11.1. The fourth-order valence-electron chi connectivity index (χ4n) is 4.06. The Morgan fingerprint density at radius 1 is 0.919 bits per heavy atom. The fourth-order valence-corrected chi connectivity index (χ4v) is 4.06. The maximum Gasteiger partial charge on any atom is 0.303 e. The summed E-state index contributed by atoms with van der Waals surface area (Å²) < 4.78 is 27.8. The van der Waals surface area contributed by atoms with Gasteiger partial charge in [0.25, 0.3) is 0 Å². The Hall–Kier alpha value is -4.29. The minimum atomic E-state index is -1.59. The van der Waals surface area contributed by atoms with E-state index in [1.54, 1.807) is 0 Å². The van der Waals surface area contributed by atoms with Gasteiger partial charge in [0.2, 0.25) is 17.5 Å². The van der Waals surface area contributed by atoms with Crippen LogP contribution >= 0.6 is 0 Å². The lowest BCUT2D eigenvalue weighted by Gasteiger charge is -2.41. The molecule has 12 heteroatoms. The zero-order valence-electron chi connectivity index (χ0n) is 19.9. The van der Waals surface area contributed by atoms with Crippen LogP contribution in [0.3, 0.4) is 0 Å². The fraction of sp³-hybridized carbons (Fsp3) is 0.320. The van der Waals surface area contributed by atoms with Gasteiger partial charge in [-0.1, -0.05) is 0 Å². The number of rotatable bonds is 5. The topological polar surface area (TPSA) is 182 Å². The van der Waals surface area contributed by atoms with Gasteiger partial charge in [0.05, 0.1) is 6.10 Å². The lowest BCUT2D eigenvalue weighted by Crippen LogP contribution is -2.60. The van der Waals surface area contributed by atoms with Crippen molar-refractivity contribution in [3.8, 4) is 34.3 Å². The van der Waals surface area contributed by atoms with Crippen molar-refractivity contribution in [3.63, 3.8) is 0 Å². The molecular formula is C25H24O12. The molecule has 0 amide bonds. The largest absolute Gasteiger partial charge is 0.508 e. The monoisotopic (exact) mass is 516 g/mol. The molecule has 0 unspecified atom stereocenters. The summed E-state index contributed by atoms with van der Waals surface area (Å²) >= 11 is 0. The normalized spacial score (nSPS) is 23.4. The van der Waals surface area contributed by atoms with Gasteiger partial charge in [-0.2, -0.15) is 0 Å². The van der Waals surface area contributed by atoms with Crippen molar-refractivity contribution < 1.29 is 53.4 Å². The third-order valence-electron chi connectivity index (χ3n) is 5.64. The molecule has 2 aromatic carbocycles. The molecule has 1 aliphatic rings. The second kappa shape index (κ2) is 9.99. The molecule has 0 bridgehead atoms. The predicted octanol–water partition coefficient (Wildman–Crippen LogP) is 1.92. The Kier molecular flexibility index (Phi) is 6.96. The van der Waals surface area contributed by atoms with Crippen LogP contribution < -0.4 is 10.2 Å². The smallest absolute Gasteiger partial charge is 0.303 e. The third-order valence-corrected chi connectivity index (χ3v) is 5.64. The minimum absolute atomic E-state index is 0.0661. The minimum Gasteiger partial charge on any atom is -0.508 e. The van der Waals surface area contributed by atoms with Crippen LogP contribution in [0.5, 0.6) is 23.0 Å². The Balaban J connectivity index is 1.86. The number of hydrogen-bond acceptors (Lipinski definition) is 12. The molecule has 12 nitrogen and oxygen atoms in total. The van der Waals surface area contributed by atoms with Crippen LogP contribution in [0.15, 0.2) is 45.6 Å². The average molecular weight is 516 g/mol. The molecule has 2 heterocycles. The number of benzene rings is 2. The molecule has 37 heavy (non-hydrogen) atoms. The molecule has 4 N–H and O–H groups in total. The van der Waals surface area contributed by atoms with Crippen molar-refractivity contribution in [1.29, 1.82) is 0 Å². The van der Waals surface area contributed by atoms with Gasteiger partial charge in [0.15, 0.2) is 18.0 Å². The van der Waals surface area contributed by atoms with E-state index in [-0.39, 0.29) is 33.8 Å². The summed E-state index contributed by atoms with van der Waals surface area (Å²) in [6.45, 7) is 3.70. The lowest BCUT2D eigenvalue weighted by molar-refractivity contribution is -0.277. The highest BCUT2D eigenvalue weighted by Crippen LogP contribution is 2.38. The molecule has 0 radical (unpaired) electrons. The molecule has 1 aliphatic heterocycles. The van der Waals surface area contributed by atoms with E-state index in [4.69, 9.17) is 23.4 Å². The van der Waals surface area contributed by atoms with Gasteiger partial charge in [-0.25, -0.2) is 0 Å². The van der Waals surface area contributed by atoms with Gasteiger partial charge >= 0.3 is 11.9 Å². The van der Waals surface area contributed by atoms with Crippen molar-refractivity contribution in [2.24, 2.45) is 0 Å². The average Bonchev–Trinajstić information content (AvgIpc) is 2.80. The number of aliphatic hydroxyl groups excluding tert-OH is 1. The molecule has 5 atom stereocenters. The SMILES string of the molecule is CC(=O)O[C@@H]1[C@@H](O)[C@@H](OC(C)=O)[C@H](Oc2c(-c3ccc(O)cc3)oc3cc(O)cc(O)c3c2=O)O[C@H]1C. The van der Waals surface area contributed by atoms with Crippen LogP contribution in [0, 0.1) is 0 Å². The number of phenolic OH excluding ortho intramolecular Hbond substituents is 3. The number of aliphatic hydroxyl groups is 1. The van der Waals surface area contributed by atoms with Crippen LogP contribution in [0.1, 0.15) is 20.8 Å². The number of fused-ring (bicyclic) bond motifs is 1. The summed E-state index contributed by atoms with van der Waals surface area (Å²) in [5.74, 6) is -3.18.